The number of halogens is 4. The highest BCUT2D eigenvalue weighted by Gasteiger charge is 2.38. The number of carboxylic acids is 1. The fourth-order valence-electron chi connectivity index (χ4n) is 2.61. The molecular formula is C20H24BrF3N6O7S. The number of H-pyrrole nitrogens is 1. The second-order valence-corrected chi connectivity index (χ2v) is 9.89. The van der Waals surface area contributed by atoms with Crippen molar-refractivity contribution in [3.8, 4) is 0 Å². The number of aliphatic carboxylic acids is 1. The van der Waals surface area contributed by atoms with Crippen LogP contribution in [-0.4, -0.2) is 55.7 Å². The smallest absolute Gasteiger partial charge is 0.475 e. The lowest BCUT2D eigenvalue weighted by Crippen LogP contribution is -2.30. The largest absolute Gasteiger partial charge is 0.490 e. The van der Waals surface area contributed by atoms with Gasteiger partial charge in [0.15, 0.2) is 0 Å². The first-order chi connectivity index (χ1) is 17.5. The summed E-state index contributed by atoms with van der Waals surface area (Å²) >= 11 is 3.30. The average Bonchev–Trinajstić information content (AvgIpc) is 2.77. The number of pyridine rings is 1. The molecule has 0 aliphatic carbocycles. The molecule has 0 spiro atoms. The highest BCUT2D eigenvalue weighted by atomic mass is 79.9. The number of anilines is 1. The van der Waals surface area contributed by atoms with Crippen LogP contribution in [0.2, 0.25) is 0 Å². The van der Waals surface area contributed by atoms with E-state index < -0.39 is 33.6 Å². The highest BCUT2D eigenvalue weighted by molar-refractivity contribution is 9.10. The number of amides is 1. The fourth-order valence-corrected chi connectivity index (χ4v) is 4.49. The minimum absolute atomic E-state index is 0.0312. The van der Waals surface area contributed by atoms with Gasteiger partial charge in [-0.05, 0) is 35.3 Å². The quantitative estimate of drug-likeness (QED) is 0.0950. The van der Waals surface area contributed by atoms with E-state index in [1.54, 1.807) is 31.2 Å². The molecule has 2 aromatic rings. The first-order valence-corrected chi connectivity index (χ1v) is 12.7. The summed E-state index contributed by atoms with van der Waals surface area (Å²) in [5.74, 6) is -3.79. The molecule has 1 aromatic carbocycles. The number of aromatic amines is 1. The van der Waals surface area contributed by atoms with E-state index in [-0.39, 0.29) is 42.5 Å². The van der Waals surface area contributed by atoms with Crippen LogP contribution in [0, 0.1) is 6.92 Å². The van der Waals surface area contributed by atoms with Crippen molar-refractivity contribution in [3.05, 3.63) is 62.0 Å². The van der Waals surface area contributed by atoms with Gasteiger partial charge in [-0.25, -0.2) is 13.2 Å². The number of oxime groups is 1. The van der Waals surface area contributed by atoms with E-state index >= 15 is 0 Å². The molecule has 1 heterocycles. The predicted octanol–water partition coefficient (Wildman–Crippen LogP) is 0.885. The van der Waals surface area contributed by atoms with Crippen LogP contribution < -0.4 is 27.1 Å². The number of aromatic nitrogens is 1. The zero-order valence-corrected chi connectivity index (χ0v) is 22.0. The standard InChI is InChI=1S/C18H23BrN6O5S.C2HF3O2/c1-11-8-13(9-15(26)22-6-7-30-24-18(20)21)16(17(27)23-11)25-31(28,29)10-12-4-2-3-5-14(12)19;3-2(4,5)1(6)7/h2-5,8,25H,6-7,9-10H2,1H3,(H,22,26)(H,23,27)(H4,20,21,24);(H,6,7). The van der Waals surface area contributed by atoms with Gasteiger partial charge >= 0.3 is 12.1 Å². The van der Waals surface area contributed by atoms with Crippen molar-refractivity contribution < 1.29 is 41.1 Å². The molecule has 210 valence electrons. The number of aryl methyl sites for hydroxylation is 1. The Morgan fingerprint density at radius 1 is 1.21 bits per heavy atom. The number of hydrogen-bond donors (Lipinski definition) is 6. The van der Waals surface area contributed by atoms with Crippen molar-refractivity contribution in [2.24, 2.45) is 16.6 Å². The lowest BCUT2D eigenvalue weighted by atomic mass is 10.1. The Labute approximate surface area is 222 Å². The average molecular weight is 629 g/mol. The lowest BCUT2D eigenvalue weighted by Gasteiger charge is -2.13. The van der Waals surface area contributed by atoms with Gasteiger partial charge < -0.3 is 31.7 Å². The number of sulfonamides is 1. The third kappa shape index (κ3) is 12.0. The van der Waals surface area contributed by atoms with Crippen molar-refractivity contribution in [1.82, 2.24) is 10.3 Å². The molecule has 18 heteroatoms. The summed E-state index contributed by atoms with van der Waals surface area (Å²) in [6, 6.07) is 8.38. The SMILES string of the molecule is Cc1cc(CC(=O)NCCON=C(N)N)c(NS(=O)(=O)Cc2ccccc2Br)c(=O)[nH]1.O=C(O)C(F)(F)F. The third-order valence-corrected chi connectivity index (χ3v) is 6.07. The van der Waals surface area contributed by atoms with E-state index in [2.05, 4.69) is 36.1 Å². The molecule has 0 fully saturated rings. The van der Waals surface area contributed by atoms with Crippen LogP contribution in [0.1, 0.15) is 16.8 Å². The van der Waals surface area contributed by atoms with E-state index in [0.29, 0.717) is 15.7 Å². The second kappa shape index (κ2) is 14.2. The summed E-state index contributed by atoms with van der Waals surface area (Å²) < 4.78 is 60.0. The topological polar surface area (TPSA) is 219 Å². The van der Waals surface area contributed by atoms with Crippen LogP contribution in [-0.2, 0) is 36.6 Å². The predicted molar refractivity (Wildman–Crippen MR) is 134 cm³/mol. The molecule has 0 aliphatic heterocycles. The number of nitrogens with one attached hydrogen (secondary N) is 3. The van der Waals surface area contributed by atoms with Gasteiger partial charge in [0.2, 0.25) is 21.9 Å². The molecule has 0 saturated heterocycles. The monoisotopic (exact) mass is 628 g/mol. The van der Waals surface area contributed by atoms with E-state index in [1.165, 1.54) is 6.07 Å². The van der Waals surface area contributed by atoms with Crippen molar-refractivity contribution in [1.29, 1.82) is 0 Å². The number of hydrogen-bond acceptors (Lipinski definition) is 7. The zero-order chi connectivity index (χ0) is 29.1. The normalized spacial score (nSPS) is 11.0. The van der Waals surface area contributed by atoms with E-state index in [4.69, 9.17) is 26.2 Å². The Morgan fingerprint density at radius 3 is 2.37 bits per heavy atom. The maximum Gasteiger partial charge on any atom is 0.490 e. The molecule has 1 aromatic heterocycles. The van der Waals surface area contributed by atoms with Crippen molar-refractivity contribution in [2.75, 3.05) is 17.9 Å². The van der Waals surface area contributed by atoms with E-state index in [1.807, 2.05) is 0 Å². The van der Waals surface area contributed by atoms with Gasteiger partial charge in [-0.2, -0.15) is 13.2 Å². The minimum atomic E-state index is -5.08. The molecule has 1 amide bonds. The van der Waals surface area contributed by atoms with Crippen molar-refractivity contribution >= 4 is 49.5 Å². The third-order valence-electron chi connectivity index (χ3n) is 4.09. The Hall–Kier alpha value is -3.80. The summed E-state index contributed by atoms with van der Waals surface area (Å²) in [5, 5.41) is 13.0. The second-order valence-electron chi connectivity index (χ2n) is 7.31. The van der Waals surface area contributed by atoms with Crippen LogP contribution in [0.5, 0.6) is 0 Å². The van der Waals surface area contributed by atoms with Crippen LogP contribution in [0.3, 0.4) is 0 Å². The van der Waals surface area contributed by atoms with Crippen molar-refractivity contribution in [2.45, 2.75) is 25.3 Å². The summed E-state index contributed by atoms with van der Waals surface area (Å²) in [6.07, 6.45) is -5.31. The number of carbonyl (C=O) groups is 2. The van der Waals surface area contributed by atoms with Gasteiger partial charge in [-0.3, -0.25) is 14.3 Å². The highest BCUT2D eigenvalue weighted by Crippen LogP contribution is 2.20. The maximum atomic E-state index is 12.7. The van der Waals surface area contributed by atoms with Crippen molar-refractivity contribution in [3.63, 3.8) is 0 Å². The number of alkyl halides is 3. The minimum Gasteiger partial charge on any atom is -0.475 e. The summed E-state index contributed by atoms with van der Waals surface area (Å²) in [4.78, 5) is 40.9. The molecule has 8 N–H and O–H groups in total. The van der Waals surface area contributed by atoms with Crippen LogP contribution in [0.25, 0.3) is 0 Å². The van der Waals surface area contributed by atoms with Crippen LogP contribution in [0.4, 0.5) is 18.9 Å². The fraction of sp³-hybridized carbons (Fsp3) is 0.300. The summed E-state index contributed by atoms with van der Waals surface area (Å²) in [7, 11) is -3.93. The molecule has 0 aliphatic rings. The van der Waals surface area contributed by atoms with Gasteiger partial charge in [0.1, 0.15) is 12.3 Å². The van der Waals surface area contributed by atoms with E-state index in [9.17, 15) is 31.2 Å². The Bertz CT molecular complexity index is 1330. The lowest BCUT2D eigenvalue weighted by molar-refractivity contribution is -0.192. The van der Waals surface area contributed by atoms with Crippen LogP contribution in [0.15, 0.2) is 44.8 Å². The molecule has 0 radical (unpaired) electrons. The van der Waals surface area contributed by atoms with Gasteiger partial charge in [0.05, 0.1) is 18.7 Å². The number of nitrogens with two attached hydrogens (primary N) is 2. The van der Waals surface area contributed by atoms with E-state index in [0.717, 1.165) is 0 Å². The van der Waals surface area contributed by atoms with Gasteiger partial charge in [-0.1, -0.05) is 34.1 Å². The molecule has 0 saturated carbocycles. The molecule has 0 bridgehead atoms. The molecule has 0 atom stereocenters. The Morgan fingerprint density at radius 2 is 1.82 bits per heavy atom. The molecular weight excluding hydrogens is 605 g/mol. The zero-order valence-electron chi connectivity index (χ0n) is 19.6. The Balaban J connectivity index is 0.000000905. The van der Waals surface area contributed by atoms with Gasteiger partial charge in [0.25, 0.3) is 5.56 Å². The van der Waals surface area contributed by atoms with Crippen LogP contribution >= 0.6 is 15.9 Å². The van der Waals surface area contributed by atoms with Gasteiger partial charge in [-0.15, -0.1) is 0 Å². The summed E-state index contributed by atoms with van der Waals surface area (Å²) in [5.41, 5.74) is 10.6. The van der Waals surface area contributed by atoms with Gasteiger partial charge in [0, 0.05) is 10.2 Å². The number of rotatable bonds is 10. The first-order valence-electron chi connectivity index (χ1n) is 10.3. The number of carboxylic acid groups (broad SMARTS) is 1. The molecule has 2 rings (SSSR count). The summed E-state index contributed by atoms with van der Waals surface area (Å²) in [6.45, 7) is 1.77. The number of guanidine groups is 1. The maximum absolute atomic E-state index is 12.7. The molecule has 38 heavy (non-hydrogen) atoms. The number of benzene rings is 1. The number of nitrogens with zero attached hydrogens (tertiary/aromatic N) is 1. The Kier molecular flexibility index (Phi) is 12.1. The first kappa shape index (κ1) is 32.2. The molecule has 0 unspecified atom stereocenters. The molecule has 13 nitrogen and oxygen atoms in total. The number of carbonyl (C=O) groups excluding carboxylic acids is 1.